The van der Waals surface area contributed by atoms with E-state index in [0.29, 0.717) is 30.2 Å². The standard InChI is InChI=1S/C21H19NO5/c1-25-21(24)17-9-6-16(7-10-17)8-11-20(23)22(14-18-4-2-12-26-18)15-19-5-3-13-27-19/h2-13H,14-15H2,1H3/b11-8+. The molecule has 0 unspecified atom stereocenters. The maximum Gasteiger partial charge on any atom is 0.337 e. The number of carbonyl (C=O) groups is 2. The van der Waals surface area contributed by atoms with Gasteiger partial charge in [0.25, 0.3) is 0 Å². The zero-order chi connectivity index (χ0) is 19.1. The molecule has 0 saturated heterocycles. The number of nitrogens with zero attached hydrogens (tertiary/aromatic N) is 1. The number of rotatable bonds is 7. The van der Waals surface area contributed by atoms with Crippen LogP contribution in [0.15, 0.2) is 76.0 Å². The van der Waals surface area contributed by atoms with E-state index in [9.17, 15) is 9.59 Å². The summed E-state index contributed by atoms with van der Waals surface area (Å²) in [6, 6.07) is 14.0. The second kappa shape index (κ2) is 8.71. The van der Waals surface area contributed by atoms with E-state index in [1.165, 1.54) is 13.2 Å². The van der Waals surface area contributed by atoms with Gasteiger partial charge in [-0.05, 0) is 48.0 Å². The Hall–Kier alpha value is -3.54. The van der Waals surface area contributed by atoms with Crippen molar-refractivity contribution in [2.24, 2.45) is 0 Å². The van der Waals surface area contributed by atoms with Crippen LogP contribution in [-0.4, -0.2) is 23.9 Å². The lowest BCUT2D eigenvalue weighted by Gasteiger charge is -2.18. The van der Waals surface area contributed by atoms with Gasteiger partial charge in [0, 0.05) is 6.08 Å². The molecule has 27 heavy (non-hydrogen) atoms. The molecule has 3 rings (SSSR count). The van der Waals surface area contributed by atoms with Crippen molar-refractivity contribution in [3.8, 4) is 0 Å². The van der Waals surface area contributed by atoms with Gasteiger partial charge in [0.05, 0.1) is 38.3 Å². The summed E-state index contributed by atoms with van der Waals surface area (Å²) in [5.74, 6) is 0.793. The van der Waals surface area contributed by atoms with Crippen LogP contribution in [0.3, 0.4) is 0 Å². The monoisotopic (exact) mass is 365 g/mol. The number of hydrogen-bond acceptors (Lipinski definition) is 5. The molecule has 0 aliphatic carbocycles. The summed E-state index contributed by atoms with van der Waals surface area (Å²) in [4.78, 5) is 25.8. The van der Waals surface area contributed by atoms with Crippen LogP contribution in [0, 0.1) is 0 Å². The Morgan fingerprint density at radius 1 is 0.963 bits per heavy atom. The molecule has 0 aliphatic heterocycles. The number of carbonyl (C=O) groups excluding carboxylic acids is 2. The summed E-state index contributed by atoms with van der Waals surface area (Å²) in [7, 11) is 1.33. The molecular weight excluding hydrogens is 346 g/mol. The highest BCUT2D eigenvalue weighted by atomic mass is 16.5. The number of hydrogen-bond donors (Lipinski definition) is 0. The van der Waals surface area contributed by atoms with Crippen molar-refractivity contribution in [3.05, 3.63) is 89.8 Å². The number of amides is 1. The van der Waals surface area contributed by atoms with Gasteiger partial charge in [0.1, 0.15) is 11.5 Å². The summed E-state index contributed by atoms with van der Waals surface area (Å²) >= 11 is 0. The number of methoxy groups -OCH3 is 1. The smallest absolute Gasteiger partial charge is 0.337 e. The first-order valence-electron chi connectivity index (χ1n) is 8.36. The average molecular weight is 365 g/mol. The predicted octanol–water partition coefficient (Wildman–Crippen LogP) is 3.90. The second-order valence-electron chi connectivity index (χ2n) is 5.80. The van der Waals surface area contributed by atoms with Crippen LogP contribution < -0.4 is 0 Å². The van der Waals surface area contributed by atoms with Crippen molar-refractivity contribution in [2.45, 2.75) is 13.1 Å². The largest absolute Gasteiger partial charge is 0.467 e. The van der Waals surface area contributed by atoms with Gasteiger partial charge in [-0.2, -0.15) is 0 Å². The summed E-state index contributed by atoms with van der Waals surface area (Å²) < 4.78 is 15.4. The summed E-state index contributed by atoms with van der Waals surface area (Å²) in [6.45, 7) is 0.663. The lowest BCUT2D eigenvalue weighted by Crippen LogP contribution is -2.28. The highest BCUT2D eigenvalue weighted by Gasteiger charge is 2.15. The van der Waals surface area contributed by atoms with E-state index in [0.717, 1.165) is 5.56 Å². The maximum atomic E-state index is 12.7. The second-order valence-corrected chi connectivity index (χ2v) is 5.80. The maximum absolute atomic E-state index is 12.7. The van der Waals surface area contributed by atoms with Crippen LogP contribution in [0.25, 0.3) is 6.08 Å². The molecule has 0 fully saturated rings. The zero-order valence-corrected chi connectivity index (χ0v) is 14.8. The van der Waals surface area contributed by atoms with Crippen molar-refractivity contribution in [1.29, 1.82) is 0 Å². The third-order valence-electron chi connectivity index (χ3n) is 3.92. The highest BCUT2D eigenvalue weighted by molar-refractivity contribution is 5.92. The molecule has 0 aliphatic rings. The van der Waals surface area contributed by atoms with E-state index in [-0.39, 0.29) is 5.91 Å². The quantitative estimate of drug-likeness (QED) is 0.469. The molecule has 0 atom stereocenters. The Morgan fingerprint density at radius 2 is 1.56 bits per heavy atom. The van der Waals surface area contributed by atoms with Crippen LogP contribution >= 0.6 is 0 Å². The lowest BCUT2D eigenvalue weighted by molar-refractivity contribution is -0.127. The fourth-order valence-corrected chi connectivity index (χ4v) is 2.51. The van der Waals surface area contributed by atoms with E-state index < -0.39 is 5.97 Å². The molecular formula is C21H19NO5. The molecule has 1 aromatic carbocycles. The molecule has 0 bridgehead atoms. The first-order chi connectivity index (χ1) is 13.2. The molecule has 6 nitrogen and oxygen atoms in total. The molecule has 2 heterocycles. The molecule has 0 spiro atoms. The Bertz CT molecular complexity index is 856. The zero-order valence-electron chi connectivity index (χ0n) is 14.8. The van der Waals surface area contributed by atoms with Crippen LogP contribution in [0.2, 0.25) is 0 Å². The van der Waals surface area contributed by atoms with Crippen molar-refractivity contribution in [3.63, 3.8) is 0 Å². The third-order valence-corrected chi connectivity index (χ3v) is 3.92. The Morgan fingerprint density at radius 3 is 2.04 bits per heavy atom. The molecule has 6 heteroatoms. The van der Waals surface area contributed by atoms with Crippen LogP contribution in [0.5, 0.6) is 0 Å². The highest BCUT2D eigenvalue weighted by Crippen LogP contribution is 2.13. The fraction of sp³-hybridized carbons (Fsp3) is 0.143. The fourth-order valence-electron chi connectivity index (χ4n) is 2.51. The summed E-state index contributed by atoms with van der Waals surface area (Å²) in [5.41, 5.74) is 1.25. The Kier molecular flexibility index (Phi) is 5.89. The first-order valence-corrected chi connectivity index (χ1v) is 8.36. The Labute approximate surface area is 156 Å². The molecule has 3 aromatic rings. The van der Waals surface area contributed by atoms with Gasteiger partial charge >= 0.3 is 5.97 Å². The van der Waals surface area contributed by atoms with Crippen molar-refractivity contribution >= 4 is 18.0 Å². The number of esters is 1. The molecule has 1 amide bonds. The van der Waals surface area contributed by atoms with Crippen molar-refractivity contribution < 1.29 is 23.2 Å². The average Bonchev–Trinajstić information content (AvgIpc) is 3.39. The molecule has 0 N–H and O–H groups in total. The third kappa shape index (κ3) is 4.98. The summed E-state index contributed by atoms with van der Waals surface area (Å²) in [6.07, 6.45) is 6.33. The van der Waals surface area contributed by atoms with Gasteiger partial charge in [-0.25, -0.2) is 4.79 Å². The van der Waals surface area contributed by atoms with E-state index in [1.807, 2.05) is 12.1 Å². The normalized spacial score (nSPS) is 10.9. The number of furan rings is 2. The van der Waals surface area contributed by atoms with E-state index >= 15 is 0 Å². The van der Waals surface area contributed by atoms with E-state index in [2.05, 4.69) is 4.74 Å². The van der Waals surface area contributed by atoms with Gasteiger partial charge in [0.2, 0.25) is 5.91 Å². The van der Waals surface area contributed by atoms with Crippen LogP contribution in [0.1, 0.15) is 27.4 Å². The summed E-state index contributed by atoms with van der Waals surface area (Å²) in [5, 5.41) is 0. The Balaban J connectivity index is 1.71. The first kappa shape index (κ1) is 18.3. The molecule has 138 valence electrons. The van der Waals surface area contributed by atoms with Crippen molar-refractivity contribution in [1.82, 2.24) is 4.90 Å². The molecule has 2 aromatic heterocycles. The minimum atomic E-state index is -0.398. The predicted molar refractivity (Wildman–Crippen MR) is 98.5 cm³/mol. The minimum absolute atomic E-state index is 0.181. The van der Waals surface area contributed by atoms with Gasteiger partial charge in [-0.15, -0.1) is 0 Å². The minimum Gasteiger partial charge on any atom is -0.467 e. The van der Waals surface area contributed by atoms with E-state index in [1.54, 1.807) is 59.9 Å². The van der Waals surface area contributed by atoms with Crippen LogP contribution in [0.4, 0.5) is 0 Å². The van der Waals surface area contributed by atoms with Gasteiger partial charge in [0.15, 0.2) is 0 Å². The molecule has 0 saturated carbocycles. The molecule has 0 radical (unpaired) electrons. The lowest BCUT2D eigenvalue weighted by atomic mass is 10.1. The number of ether oxygens (including phenoxy) is 1. The SMILES string of the molecule is COC(=O)c1ccc(/C=C/C(=O)N(Cc2ccco2)Cc2ccco2)cc1. The number of benzene rings is 1. The van der Waals surface area contributed by atoms with Crippen molar-refractivity contribution in [2.75, 3.05) is 7.11 Å². The van der Waals surface area contributed by atoms with Crippen LogP contribution in [-0.2, 0) is 22.6 Å². The van der Waals surface area contributed by atoms with Gasteiger partial charge < -0.3 is 18.5 Å². The topological polar surface area (TPSA) is 72.9 Å². The van der Waals surface area contributed by atoms with E-state index in [4.69, 9.17) is 8.83 Å². The van der Waals surface area contributed by atoms with Gasteiger partial charge in [-0.3, -0.25) is 4.79 Å². The van der Waals surface area contributed by atoms with Gasteiger partial charge in [-0.1, -0.05) is 12.1 Å².